The van der Waals surface area contributed by atoms with Gasteiger partial charge in [0.05, 0.1) is 0 Å². The third kappa shape index (κ3) is 3.98. The lowest BCUT2D eigenvalue weighted by atomic mass is 10.2. The van der Waals surface area contributed by atoms with E-state index in [0.29, 0.717) is 6.04 Å². The summed E-state index contributed by atoms with van der Waals surface area (Å²) in [7, 11) is 0. The molecule has 1 atom stereocenters. The molecule has 72 valence electrons. The lowest BCUT2D eigenvalue weighted by molar-refractivity contribution is 0.690. The van der Waals surface area contributed by atoms with Crippen molar-refractivity contribution in [3.05, 3.63) is 27.8 Å². The Morgan fingerprint density at radius 2 is 2.23 bits per heavy atom. The molecule has 0 bridgehead atoms. The van der Waals surface area contributed by atoms with E-state index in [9.17, 15) is 0 Å². The topological polar surface area (TPSA) is 12.0 Å². The summed E-state index contributed by atoms with van der Waals surface area (Å²) >= 11 is 2.33. The Labute approximate surface area is 94.1 Å². The predicted molar refractivity (Wildman–Crippen MR) is 67.2 cm³/mol. The van der Waals surface area contributed by atoms with Gasteiger partial charge < -0.3 is 5.32 Å². The molecule has 0 aliphatic carbocycles. The third-order valence-electron chi connectivity index (χ3n) is 1.96. The smallest absolute Gasteiger partial charge is 0.0352 e. The first kappa shape index (κ1) is 10.8. The van der Waals surface area contributed by atoms with Gasteiger partial charge >= 0.3 is 0 Å². The highest BCUT2D eigenvalue weighted by Gasteiger charge is 1.99. The van der Waals surface area contributed by atoms with Crippen LogP contribution in [0.5, 0.6) is 0 Å². The zero-order chi connectivity index (χ0) is 9.68. The van der Waals surface area contributed by atoms with Crippen LogP contribution in [0.2, 0.25) is 0 Å². The predicted octanol–water partition coefficient (Wildman–Crippen LogP) is 3.89. The average molecular weight is 289 g/mol. The lowest BCUT2D eigenvalue weighted by Gasteiger charge is -2.14. The van der Waals surface area contributed by atoms with Gasteiger partial charge in [-0.25, -0.2) is 0 Å². The highest BCUT2D eigenvalue weighted by molar-refractivity contribution is 14.1. The second-order valence-electron chi connectivity index (χ2n) is 3.34. The number of rotatable bonds is 4. The molecule has 0 aliphatic heterocycles. The largest absolute Gasteiger partial charge is 0.383 e. The van der Waals surface area contributed by atoms with Crippen LogP contribution in [0.1, 0.15) is 26.7 Å². The second kappa shape index (κ2) is 5.47. The van der Waals surface area contributed by atoms with Crippen LogP contribution >= 0.6 is 22.6 Å². The number of hydrogen-bond donors (Lipinski definition) is 1. The van der Waals surface area contributed by atoms with E-state index in [1.165, 1.54) is 22.1 Å². The second-order valence-corrected chi connectivity index (χ2v) is 4.59. The molecule has 0 aromatic heterocycles. The van der Waals surface area contributed by atoms with Crippen molar-refractivity contribution >= 4 is 28.3 Å². The Kier molecular flexibility index (Phi) is 4.56. The number of halogens is 1. The van der Waals surface area contributed by atoms with Gasteiger partial charge in [-0.3, -0.25) is 0 Å². The highest BCUT2D eigenvalue weighted by Crippen LogP contribution is 2.14. The maximum Gasteiger partial charge on any atom is 0.0352 e. The molecule has 0 spiro atoms. The van der Waals surface area contributed by atoms with E-state index in [1.807, 2.05) is 0 Å². The van der Waals surface area contributed by atoms with Gasteiger partial charge in [-0.2, -0.15) is 0 Å². The monoisotopic (exact) mass is 289 g/mol. The zero-order valence-electron chi connectivity index (χ0n) is 8.18. The van der Waals surface area contributed by atoms with E-state index in [2.05, 4.69) is 66.0 Å². The minimum atomic E-state index is 0.572. The Hall–Kier alpha value is -0.250. The summed E-state index contributed by atoms with van der Waals surface area (Å²) in [6.45, 7) is 4.44. The SMILES string of the molecule is CCCC(C)Nc1cccc(I)c1. The molecule has 0 aliphatic rings. The van der Waals surface area contributed by atoms with Crippen molar-refractivity contribution in [1.29, 1.82) is 0 Å². The Balaban J connectivity index is 2.53. The number of benzene rings is 1. The molecular weight excluding hydrogens is 273 g/mol. The van der Waals surface area contributed by atoms with Crippen LogP contribution in [0, 0.1) is 3.57 Å². The van der Waals surface area contributed by atoms with Gasteiger partial charge in [0.1, 0.15) is 0 Å². The van der Waals surface area contributed by atoms with Gasteiger partial charge in [-0.1, -0.05) is 19.4 Å². The summed E-state index contributed by atoms with van der Waals surface area (Å²) in [5, 5.41) is 3.48. The van der Waals surface area contributed by atoms with Crippen LogP contribution < -0.4 is 5.32 Å². The molecule has 0 saturated carbocycles. The summed E-state index contributed by atoms with van der Waals surface area (Å²) in [6.07, 6.45) is 2.46. The number of nitrogens with one attached hydrogen (secondary N) is 1. The first-order chi connectivity index (χ1) is 6.22. The van der Waals surface area contributed by atoms with E-state index < -0.39 is 0 Å². The van der Waals surface area contributed by atoms with E-state index in [0.717, 1.165) is 0 Å². The van der Waals surface area contributed by atoms with E-state index >= 15 is 0 Å². The van der Waals surface area contributed by atoms with Gasteiger partial charge in [0.25, 0.3) is 0 Å². The molecule has 13 heavy (non-hydrogen) atoms. The fraction of sp³-hybridized carbons (Fsp3) is 0.455. The highest BCUT2D eigenvalue weighted by atomic mass is 127. The quantitative estimate of drug-likeness (QED) is 0.829. The molecule has 0 amide bonds. The Morgan fingerprint density at radius 3 is 2.85 bits per heavy atom. The maximum absolute atomic E-state index is 3.48. The Bertz CT molecular complexity index is 260. The first-order valence-electron chi connectivity index (χ1n) is 4.74. The van der Waals surface area contributed by atoms with Gasteiger partial charge in [0, 0.05) is 15.3 Å². The maximum atomic E-state index is 3.48. The minimum Gasteiger partial charge on any atom is -0.383 e. The minimum absolute atomic E-state index is 0.572. The van der Waals surface area contributed by atoms with Crippen molar-refractivity contribution in [2.75, 3.05) is 5.32 Å². The molecule has 1 rings (SSSR count). The zero-order valence-corrected chi connectivity index (χ0v) is 10.3. The molecular formula is C11H16IN. The standard InChI is InChI=1S/C11H16IN/c1-3-5-9(2)13-11-7-4-6-10(12)8-11/h4,6-9,13H,3,5H2,1-2H3. The van der Waals surface area contributed by atoms with Gasteiger partial charge in [-0.15, -0.1) is 0 Å². The van der Waals surface area contributed by atoms with Crippen LogP contribution in [-0.2, 0) is 0 Å². The van der Waals surface area contributed by atoms with Crippen molar-refractivity contribution in [2.45, 2.75) is 32.7 Å². The van der Waals surface area contributed by atoms with Crippen LogP contribution in [0.4, 0.5) is 5.69 Å². The molecule has 0 heterocycles. The summed E-state index contributed by atoms with van der Waals surface area (Å²) in [5.41, 5.74) is 1.23. The van der Waals surface area contributed by atoms with Crippen LogP contribution in [-0.4, -0.2) is 6.04 Å². The van der Waals surface area contributed by atoms with Crippen molar-refractivity contribution < 1.29 is 0 Å². The van der Waals surface area contributed by atoms with Crippen molar-refractivity contribution in [1.82, 2.24) is 0 Å². The van der Waals surface area contributed by atoms with Gasteiger partial charge in [0.2, 0.25) is 0 Å². The molecule has 1 unspecified atom stereocenters. The molecule has 0 fully saturated rings. The normalized spacial score (nSPS) is 12.5. The summed E-state index contributed by atoms with van der Waals surface area (Å²) in [5.74, 6) is 0. The average Bonchev–Trinajstić information content (AvgIpc) is 2.04. The summed E-state index contributed by atoms with van der Waals surface area (Å²) < 4.78 is 1.28. The van der Waals surface area contributed by atoms with Crippen molar-refractivity contribution in [2.24, 2.45) is 0 Å². The van der Waals surface area contributed by atoms with E-state index in [4.69, 9.17) is 0 Å². The third-order valence-corrected chi connectivity index (χ3v) is 2.63. The first-order valence-corrected chi connectivity index (χ1v) is 5.82. The van der Waals surface area contributed by atoms with Crippen LogP contribution in [0.15, 0.2) is 24.3 Å². The summed E-state index contributed by atoms with van der Waals surface area (Å²) in [6, 6.07) is 9.06. The molecule has 2 heteroatoms. The van der Waals surface area contributed by atoms with Gasteiger partial charge in [0.15, 0.2) is 0 Å². The van der Waals surface area contributed by atoms with Crippen molar-refractivity contribution in [3.63, 3.8) is 0 Å². The molecule has 1 nitrogen and oxygen atoms in total. The fourth-order valence-electron chi connectivity index (χ4n) is 1.37. The van der Waals surface area contributed by atoms with E-state index in [-0.39, 0.29) is 0 Å². The molecule has 0 saturated heterocycles. The van der Waals surface area contributed by atoms with E-state index in [1.54, 1.807) is 0 Å². The number of hydrogen-bond acceptors (Lipinski definition) is 1. The molecule has 1 N–H and O–H groups in total. The number of anilines is 1. The summed E-state index contributed by atoms with van der Waals surface area (Å²) in [4.78, 5) is 0. The Morgan fingerprint density at radius 1 is 1.46 bits per heavy atom. The van der Waals surface area contributed by atoms with Crippen LogP contribution in [0.25, 0.3) is 0 Å². The fourth-order valence-corrected chi connectivity index (χ4v) is 1.91. The molecule has 1 aromatic carbocycles. The van der Waals surface area contributed by atoms with Gasteiger partial charge in [-0.05, 0) is 54.1 Å². The van der Waals surface area contributed by atoms with Crippen molar-refractivity contribution in [3.8, 4) is 0 Å². The molecule has 1 aromatic rings. The molecule has 0 radical (unpaired) electrons. The van der Waals surface area contributed by atoms with Crippen LogP contribution in [0.3, 0.4) is 0 Å². The lowest BCUT2D eigenvalue weighted by Crippen LogP contribution is -2.14.